The van der Waals surface area contributed by atoms with Crippen molar-refractivity contribution in [3.05, 3.63) is 36.0 Å². The van der Waals surface area contributed by atoms with Crippen LogP contribution in [0.2, 0.25) is 0 Å². The molecule has 11 nitrogen and oxygen atoms in total. The van der Waals surface area contributed by atoms with Gasteiger partial charge in [-0.1, -0.05) is 13.3 Å². The van der Waals surface area contributed by atoms with E-state index in [1.807, 2.05) is 0 Å². The van der Waals surface area contributed by atoms with Gasteiger partial charge in [0.05, 0.1) is 18.1 Å². The number of hydrogen-bond acceptors (Lipinski definition) is 9. The molecule has 0 spiro atoms. The van der Waals surface area contributed by atoms with Crippen molar-refractivity contribution >= 4 is 33.4 Å². The fourth-order valence-corrected chi connectivity index (χ4v) is 5.41. The molecule has 3 heterocycles. The second-order valence-electron chi connectivity index (χ2n) is 8.76. The molecule has 12 heteroatoms. The van der Waals surface area contributed by atoms with E-state index in [1.165, 1.54) is 22.6 Å². The number of morpholine rings is 1. The number of anilines is 3. The molecule has 3 N–H and O–H groups in total. The van der Waals surface area contributed by atoms with Crippen molar-refractivity contribution in [3.63, 3.8) is 0 Å². The highest BCUT2D eigenvalue weighted by molar-refractivity contribution is 7.89. The second kappa shape index (κ2) is 12.4. The monoisotopic (exact) mass is 518 g/mol. The van der Waals surface area contributed by atoms with E-state index in [1.54, 1.807) is 12.1 Å². The first-order valence-electron chi connectivity index (χ1n) is 12.4. The summed E-state index contributed by atoms with van der Waals surface area (Å²) in [7, 11) is -3.60. The summed E-state index contributed by atoms with van der Waals surface area (Å²) in [4.78, 5) is 22.2. The van der Waals surface area contributed by atoms with E-state index >= 15 is 0 Å². The zero-order chi connectivity index (χ0) is 25.4. The smallest absolute Gasteiger partial charge is 0.260 e. The highest BCUT2D eigenvalue weighted by Gasteiger charge is 2.26. The number of hydrogen-bond donors (Lipinski definition) is 3. The summed E-state index contributed by atoms with van der Waals surface area (Å²) in [5.41, 5.74) is 0.788. The van der Waals surface area contributed by atoms with Crippen molar-refractivity contribution in [3.8, 4) is 0 Å². The number of ether oxygens (including phenoxy) is 2. The van der Waals surface area contributed by atoms with Gasteiger partial charge in [-0.15, -0.1) is 0 Å². The number of sulfonamides is 1. The van der Waals surface area contributed by atoms with Crippen LogP contribution in [0.3, 0.4) is 0 Å². The Labute approximate surface area is 212 Å². The summed E-state index contributed by atoms with van der Waals surface area (Å²) in [5.74, 6) is 0.542. The number of aromatic nitrogens is 2. The lowest BCUT2D eigenvalue weighted by atomic mass is 10.1. The van der Waals surface area contributed by atoms with Crippen LogP contribution in [0.25, 0.3) is 0 Å². The van der Waals surface area contributed by atoms with Crippen molar-refractivity contribution in [1.29, 1.82) is 0 Å². The largest absolute Gasteiger partial charge is 0.381 e. The van der Waals surface area contributed by atoms with Gasteiger partial charge in [0.15, 0.2) is 0 Å². The average molecular weight is 519 g/mol. The molecule has 1 amide bonds. The SMILES string of the molecule is CCCCNc1ncc(C(=O)Nc2ccc(S(=O)(=O)N3CCOCC3)cc2)c(NC2CCOCC2)n1. The first kappa shape index (κ1) is 26.3. The fourth-order valence-electron chi connectivity index (χ4n) is 4.00. The van der Waals surface area contributed by atoms with Gasteiger partial charge in [0.2, 0.25) is 16.0 Å². The summed E-state index contributed by atoms with van der Waals surface area (Å²) in [6.45, 7) is 5.59. The molecular weight excluding hydrogens is 484 g/mol. The molecule has 2 aliphatic rings. The third-order valence-corrected chi connectivity index (χ3v) is 8.04. The van der Waals surface area contributed by atoms with Gasteiger partial charge >= 0.3 is 0 Å². The summed E-state index contributed by atoms with van der Waals surface area (Å²) >= 11 is 0. The number of benzene rings is 1. The molecule has 0 aliphatic carbocycles. The van der Waals surface area contributed by atoms with Gasteiger partial charge in [-0.2, -0.15) is 9.29 Å². The number of rotatable bonds is 10. The molecule has 0 saturated carbocycles. The Morgan fingerprint density at radius 3 is 2.47 bits per heavy atom. The normalized spacial score (nSPS) is 17.5. The number of amides is 1. The molecule has 0 unspecified atom stereocenters. The lowest BCUT2D eigenvalue weighted by molar-refractivity contribution is 0.0730. The molecule has 2 fully saturated rings. The van der Waals surface area contributed by atoms with Gasteiger partial charge in [-0.05, 0) is 43.5 Å². The molecule has 0 radical (unpaired) electrons. The number of carbonyl (C=O) groups excluding carboxylic acids is 1. The molecular formula is C24H34N6O5S. The fraction of sp³-hybridized carbons (Fsp3) is 0.542. The van der Waals surface area contributed by atoms with Crippen molar-refractivity contribution in [2.75, 3.05) is 62.0 Å². The van der Waals surface area contributed by atoms with Gasteiger partial charge in [-0.25, -0.2) is 13.4 Å². The lowest BCUT2D eigenvalue weighted by Gasteiger charge is -2.26. The van der Waals surface area contributed by atoms with Crippen LogP contribution < -0.4 is 16.0 Å². The highest BCUT2D eigenvalue weighted by Crippen LogP contribution is 2.22. The number of unbranched alkanes of at least 4 members (excludes halogenated alkanes) is 1. The molecule has 36 heavy (non-hydrogen) atoms. The van der Waals surface area contributed by atoms with E-state index in [4.69, 9.17) is 9.47 Å². The van der Waals surface area contributed by atoms with E-state index in [-0.39, 0.29) is 16.8 Å². The number of nitrogens with zero attached hydrogens (tertiary/aromatic N) is 3. The van der Waals surface area contributed by atoms with Crippen molar-refractivity contribution in [1.82, 2.24) is 14.3 Å². The van der Waals surface area contributed by atoms with Crippen LogP contribution in [-0.2, 0) is 19.5 Å². The van der Waals surface area contributed by atoms with Crippen LogP contribution in [0, 0.1) is 0 Å². The maximum Gasteiger partial charge on any atom is 0.260 e. The maximum absolute atomic E-state index is 13.2. The zero-order valence-electron chi connectivity index (χ0n) is 20.5. The van der Waals surface area contributed by atoms with E-state index in [9.17, 15) is 13.2 Å². The van der Waals surface area contributed by atoms with Crippen LogP contribution in [0.5, 0.6) is 0 Å². The maximum atomic E-state index is 13.2. The minimum atomic E-state index is -3.60. The predicted molar refractivity (Wildman–Crippen MR) is 137 cm³/mol. The van der Waals surface area contributed by atoms with Gasteiger partial charge in [0, 0.05) is 50.8 Å². The lowest BCUT2D eigenvalue weighted by Crippen LogP contribution is -2.40. The highest BCUT2D eigenvalue weighted by atomic mass is 32.2. The van der Waals surface area contributed by atoms with Crippen molar-refractivity contribution in [2.45, 2.75) is 43.5 Å². The van der Waals surface area contributed by atoms with Gasteiger partial charge in [-0.3, -0.25) is 4.79 Å². The van der Waals surface area contributed by atoms with Crippen molar-refractivity contribution < 1.29 is 22.7 Å². The van der Waals surface area contributed by atoms with Gasteiger partial charge < -0.3 is 25.4 Å². The molecule has 0 atom stereocenters. The predicted octanol–water partition coefficient (Wildman–Crippen LogP) is 2.55. The molecule has 1 aromatic heterocycles. The Hall–Kier alpha value is -2.80. The Kier molecular flexibility index (Phi) is 9.08. The molecule has 1 aromatic carbocycles. The second-order valence-corrected chi connectivity index (χ2v) is 10.7. The molecule has 2 saturated heterocycles. The molecule has 2 aromatic rings. The minimum Gasteiger partial charge on any atom is -0.381 e. The molecule has 4 rings (SSSR count). The van der Waals surface area contributed by atoms with Crippen LogP contribution in [0.1, 0.15) is 43.0 Å². The summed E-state index contributed by atoms with van der Waals surface area (Å²) in [6, 6.07) is 6.31. The quantitative estimate of drug-likeness (QED) is 0.406. The number of carbonyl (C=O) groups is 1. The third-order valence-electron chi connectivity index (χ3n) is 6.13. The van der Waals surface area contributed by atoms with Crippen LogP contribution in [-0.4, -0.2) is 80.7 Å². The first-order valence-corrected chi connectivity index (χ1v) is 13.9. The van der Waals surface area contributed by atoms with E-state index in [0.717, 1.165) is 32.2 Å². The van der Waals surface area contributed by atoms with E-state index in [0.29, 0.717) is 62.5 Å². The topological polar surface area (TPSA) is 135 Å². The summed E-state index contributed by atoms with van der Waals surface area (Å²) in [5, 5.41) is 9.42. The summed E-state index contributed by atoms with van der Waals surface area (Å²) in [6.07, 6.45) is 5.19. The van der Waals surface area contributed by atoms with Crippen LogP contribution >= 0.6 is 0 Å². The van der Waals surface area contributed by atoms with Crippen LogP contribution in [0.15, 0.2) is 35.4 Å². The van der Waals surface area contributed by atoms with Gasteiger partial charge in [0.1, 0.15) is 11.4 Å². The van der Waals surface area contributed by atoms with Crippen LogP contribution in [0.4, 0.5) is 17.5 Å². The Morgan fingerprint density at radius 2 is 1.78 bits per heavy atom. The third kappa shape index (κ3) is 6.69. The van der Waals surface area contributed by atoms with E-state index in [2.05, 4.69) is 32.8 Å². The Morgan fingerprint density at radius 1 is 1.08 bits per heavy atom. The van der Waals surface area contributed by atoms with Gasteiger partial charge in [0.25, 0.3) is 5.91 Å². The average Bonchev–Trinajstić information content (AvgIpc) is 2.90. The van der Waals surface area contributed by atoms with E-state index < -0.39 is 10.0 Å². The Balaban J connectivity index is 1.48. The zero-order valence-corrected chi connectivity index (χ0v) is 21.3. The first-order chi connectivity index (χ1) is 17.5. The number of nitrogens with one attached hydrogen (secondary N) is 3. The molecule has 2 aliphatic heterocycles. The van der Waals surface area contributed by atoms with Crippen molar-refractivity contribution in [2.24, 2.45) is 0 Å². The summed E-state index contributed by atoms with van der Waals surface area (Å²) < 4.78 is 37.8. The molecule has 196 valence electrons. The standard InChI is InChI=1S/C24H34N6O5S/c1-2-3-10-25-24-26-17-21(22(29-24)27-19-8-13-34-14-9-19)23(31)28-18-4-6-20(7-5-18)36(32,33)30-11-15-35-16-12-30/h4-7,17,19H,2-3,8-16H2,1H3,(H,28,31)(H2,25,26,27,29). The minimum absolute atomic E-state index is 0.147. The molecule has 0 bridgehead atoms. The Bertz CT molecular complexity index is 1120.